The largest absolute Gasteiger partial charge is 0.386 e. The molecular weight excluding hydrogens is 307 g/mol. The molecule has 0 bridgehead atoms. The van der Waals surface area contributed by atoms with E-state index in [1.54, 1.807) is 6.92 Å². The van der Waals surface area contributed by atoms with Crippen LogP contribution < -0.4 is 10.6 Å². The molecule has 1 rings (SSSR count). The Morgan fingerprint density at radius 1 is 1.18 bits per heavy atom. The van der Waals surface area contributed by atoms with Crippen molar-refractivity contribution in [2.75, 3.05) is 12.4 Å². The first-order chi connectivity index (χ1) is 7.75. The van der Waals surface area contributed by atoms with Crippen molar-refractivity contribution in [2.45, 2.75) is 13.3 Å². The molecule has 0 aliphatic heterocycles. The van der Waals surface area contributed by atoms with Crippen molar-refractivity contribution < 1.29 is 14.4 Å². The Kier molecular flexibility index (Phi) is 4.75. The third kappa shape index (κ3) is 2.73. The second-order valence-electron chi connectivity index (χ2n) is 3.29. The van der Waals surface area contributed by atoms with Gasteiger partial charge in [-0.1, -0.05) is 41.7 Å². The molecule has 96 valence electrons. The fourth-order valence-electron chi connectivity index (χ4n) is 1.57. The molecule has 0 spiro atoms. The molecule has 0 saturated heterocycles. The van der Waals surface area contributed by atoms with Crippen LogP contribution in [-0.4, -0.2) is 16.8 Å². The van der Waals surface area contributed by atoms with Crippen LogP contribution in [0.3, 0.4) is 0 Å². The van der Waals surface area contributed by atoms with Crippen molar-refractivity contribution >= 4 is 53.4 Å². The molecule has 8 heteroatoms. The summed E-state index contributed by atoms with van der Waals surface area (Å²) in [5, 5.41) is 2.63. The number of nitrogens with one attached hydrogen (secondary N) is 1. The predicted octanol–water partition coefficient (Wildman–Crippen LogP) is 3.05. The molecule has 1 aromatic rings. The van der Waals surface area contributed by atoms with Crippen molar-refractivity contribution in [3.05, 3.63) is 20.6 Å². The summed E-state index contributed by atoms with van der Waals surface area (Å²) in [6, 6.07) is 0. The lowest BCUT2D eigenvalue weighted by Gasteiger charge is -2.19. The number of benzene rings is 1. The normalized spacial score (nSPS) is 11.7. The van der Waals surface area contributed by atoms with Crippen LogP contribution in [-0.2, 0) is 11.0 Å². The van der Waals surface area contributed by atoms with E-state index in [1.807, 2.05) is 0 Å². The predicted molar refractivity (Wildman–Crippen MR) is 72.1 cm³/mol. The van der Waals surface area contributed by atoms with Gasteiger partial charge in [-0.05, 0) is 12.0 Å². The van der Waals surface area contributed by atoms with Gasteiger partial charge in [0.2, 0.25) is 0 Å². The number of anilines is 1. The van der Waals surface area contributed by atoms with Gasteiger partial charge in [0.15, 0.2) is 0 Å². The quantitative estimate of drug-likeness (QED) is 0.592. The number of hydrogen-bond donors (Lipinski definition) is 3. The minimum Gasteiger partial charge on any atom is -0.386 e. The molecule has 0 fully saturated rings. The zero-order valence-electron chi connectivity index (χ0n) is 9.09. The van der Waals surface area contributed by atoms with Gasteiger partial charge in [-0.3, -0.25) is 4.57 Å². The highest BCUT2D eigenvalue weighted by Gasteiger charge is 2.30. The van der Waals surface area contributed by atoms with E-state index in [9.17, 15) is 14.4 Å². The third-order valence-electron chi connectivity index (χ3n) is 2.29. The van der Waals surface area contributed by atoms with E-state index in [0.717, 1.165) is 0 Å². The standard InChI is InChI=1S/C9H11Cl3NO3P/c1-3-4-5(10)6(11)7(12)8(13-2)9(4)17(14,15)16/h13H,3H2,1-2H3,(H2,14,15,16). The molecular formula is C9H11Cl3NO3P. The molecule has 0 atom stereocenters. The van der Waals surface area contributed by atoms with Crippen molar-refractivity contribution in [3.8, 4) is 0 Å². The van der Waals surface area contributed by atoms with Gasteiger partial charge in [0.05, 0.1) is 26.1 Å². The van der Waals surface area contributed by atoms with Crippen LogP contribution in [0.1, 0.15) is 12.5 Å². The highest BCUT2D eigenvalue weighted by molar-refractivity contribution is 7.60. The van der Waals surface area contributed by atoms with E-state index in [1.165, 1.54) is 7.05 Å². The summed E-state index contributed by atoms with van der Waals surface area (Å²) in [5.41, 5.74) is 0.421. The molecule has 17 heavy (non-hydrogen) atoms. The van der Waals surface area contributed by atoms with Crippen LogP contribution in [0, 0.1) is 0 Å². The average Bonchev–Trinajstić information content (AvgIpc) is 2.24. The second-order valence-corrected chi connectivity index (χ2v) is 5.96. The molecule has 0 radical (unpaired) electrons. The van der Waals surface area contributed by atoms with Gasteiger partial charge >= 0.3 is 7.60 Å². The Bertz CT molecular complexity index is 470. The molecule has 0 aliphatic carbocycles. The molecule has 1 aromatic carbocycles. The number of halogens is 3. The van der Waals surface area contributed by atoms with Crippen molar-refractivity contribution in [1.82, 2.24) is 0 Å². The Balaban J connectivity index is 3.83. The van der Waals surface area contributed by atoms with Crippen molar-refractivity contribution in [3.63, 3.8) is 0 Å². The van der Waals surface area contributed by atoms with E-state index in [0.29, 0.717) is 12.0 Å². The monoisotopic (exact) mass is 317 g/mol. The minimum atomic E-state index is -4.49. The maximum absolute atomic E-state index is 11.5. The summed E-state index contributed by atoms with van der Waals surface area (Å²) in [6.07, 6.45) is 0.338. The highest BCUT2D eigenvalue weighted by atomic mass is 35.5. The molecule has 0 unspecified atom stereocenters. The molecule has 3 N–H and O–H groups in total. The topological polar surface area (TPSA) is 69.6 Å². The second kappa shape index (κ2) is 5.35. The summed E-state index contributed by atoms with van der Waals surface area (Å²) in [7, 11) is -2.99. The number of rotatable bonds is 3. The number of hydrogen-bond acceptors (Lipinski definition) is 2. The first-order valence-corrected chi connectivity index (χ1v) is 7.43. The van der Waals surface area contributed by atoms with Crippen molar-refractivity contribution in [1.29, 1.82) is 0 Å². The first kappa shape index (κ1) is 15.1. The SMILES string of the molecule is CCc1c(Cl)c(Cl)c(Cl)c(NC)c1P(=O)(O)O. The van der Waals surface area contributed by atoms with E-state index in [2.05, 4.69) is 5.32 Å². The van der Waals surface area contributed by atoms with E-state index in [-0.39, 0.29) is 26.1 Å². The van der Waals surface area contributed by atoms with Gasteiger partial charge in [-0.2, -0.15) is 0 Å². The molecule has 0 amide bonds. The Morgan fingerprint density at radius 2 is 1.71 bits per heavy atom. The zero-order valence-corrected chi connectivity index (χ0v) is 12.3. The van der Waals surface area contributed by atoms with Crippen LogP contribution >= 0.6 is 42.4 Å². The van der Waals surface area contributed by atoms with Crippen LogP contribution in [0.25, 0.3) is 0 Å². The van der Waals surface area contributed by atoms with Crippen LogP contribution in [0.15, 0.2) is 0 Å². The summed E-state index contributed by atoms with van der Waals surface area (Å²) in [4.78, 5) is 18.7. The third-order valence-corrected chi connectivity index (χ3v) is 4.73. The molecule has 0 saturated carbocycles. The average molecular weight is 319 g/mol. The zero-order chi connectivity index (χ0) is 13.4. The summed E-state index contributed by atoms with van der Waals surface area (Å²) >= 11 is 17.8. The highest BCUT2D eigenvalue weighted by Crippen LogP contribution is 2.46. The van der Waals surface area contributed by atoms with Gasteiger partial charge in [0.25, 0.3) is 0 Å². The molecule has 4 nitrogen and oxygen atoms in total. The van der Waals surface area contributed by atoms with Crippen LogP contribution in [0.4, 0.5) is 5.69 Å². The van der Waals surface area contributed by atoms with E-state index in [4.69, 9.17) is 34.8 Å². The minimum absolute atomic E-state index is 0.00897. The Labute approximate surface area is 114 Å². The van der Waals surface area contributed by atoms with Gasteiger partial charge in [0.1, 0.15) is 0 Å². The van der Waals surface area contributed by atoms with Gasteiger partial charge in [0, 0.05) is 7.05 Å². The molecule has 0 aliphatic rings. The molecule has 0 heterocycles. The van der Waals surface area contributed by atoms with Crippen LogP contribution in [0.5, 0.6) is 0 Å². The van der Waals surface area contributed by atoms with Gasteiger partial charge in [-0.25, -0.2) is 0 Å². The maximum Gasteiger partial charge on any atom is 0.358 e. The van der Waals surface area contributed by atoms with Crippen LogP contribution in [0.2, 0.25) is 15.1 Å². The van der Waals surface area contributed by atoms with Gasteiger partial charge in [-0.15, -0.1) is 0 Å². The Morgan fingerprint density at radius 3 is 2.06 bits per heavy atom. The summed E-state index contributed by atoms with van der Waals surface area (Å²) < 4.78 is 11.5. The lowest BCUT2D eigenvalue weighted by molar-refractivity contribution is 0.387. The smallest absolute Gasteiger partial charge is 0.358 e. The van der Waals surface area contributed by atoms with E-state index < -0.39 is 7.60 Å². The summed E-state index contributed by atoms with van der Waals surface area (Å²) in [6.45, 7) is 1.73. The van der Waals surface area contributed by atoms with Crippen molar-refractivity contribution in [2.24, 2.45) is 0 Å². The maximum atomic E-state index is 11.5. The summed E-state index contributed by atoms with van der Waals surface area (Å²) in [5.74, 6) is 0. The fraction of sp³-hybridized carbons (Fsp3) is 0.333. The fourth-order valence-corrected chi connectivity index (χ4v) is 3.70. The lowest BCUT2D eigenvalue weighted by Crippen LogP contribution is -2.17. The van der Waals surface area contributed by atoms with E-state index >= 15 is 0 Å². The molecule has 0 aromatic heterocycles. The lowest BCUT2D eigenvalue weighted by atomic mass is 10.1. The Hall–Kier alpha value is 0.0400. The van der Waals surface area contributed by atoms with Gasteiger partial charge < -0.3 is 15.1 Å². The first-order valence-electron chi connectivity index (χ1n) is 4.68.